The maximum absolute atomic E-state index is 13.2. The van der Waals surface area contributed by atoms with Crippen molar-refractivity contribution in [3.8, 4) is 5.75 Å². The van der Waals surface area contributed by atoms with Gasteiger partial charge in [-0.2, -0.15) is 0 Å². The van der Waals surface area contributed by atoms with Crippen molar-refractivity contribution in [3.63, 3.8) is 0 Å². The second-order valence-electron chi connectivity index (χ2n) is 8.51. The zero-order chi connectivity index (χ0) is 25.3. The summed E-state index contributed by atoms with van der Waals surface area (Å²) in [7, 11) is 1.29. The van der Waals surface area contributed by atoms with Gasteiger partial charge < -0.3 is 19.8 Å². The van der Waals surface area contributed by atoms with Gasteiger partial charge in [0.1, 0.15) is 11.5 Å². The highest BCUT2D eigenvalue weighted by molar-refractivity contribution is 6.46. The molecule has 3 aromatic carbocycles. The molecule has 1 saturated heterocycles. The molecule has 1 amide bonds. The van der Waals surface area contributed by atoms with Crippen LogP contribution >= 0.6 is 0 Å². The molecule has 178 valence electrons. The third-order valence-corrected chi connectivity index (χ3v) is 6.23. The number of rotatable bonds is 5. The number of aliphatic hydroxyl groups is 1. The number of ketones is 1. The lowest BCUT2D eigenvalue weighted by Crippen LogP contribution is -2.29. The van der Waals surface area contributed by atoms with Crippen molar-refractivity contribution in [2.24, 2.45) is 0 Å². The SMILES string of the molecule is COC(=O)c1ccc(CN2C(=O)C(=O)/C(=C(\O)c3ccc(C)c(C)c3)C2c2cccc(O)c2)cc1. The number of phenolic OH excluding ortho intramolecular Hbond substituents is 1. The summed E-state index contributed by atoms with van der Waals surface area (Å²) in [6.45, 7) is 3.89. The highest BCUT2D eigenvalue weighted by Gasteiger charge is 2.46. The van der Waals surface area contributed by atoms with Crippen molar-refractivity contribution < 1.29 is 29.3 Å². The van der Waals surface area contributed by atoms with Crippen LogP contribution in [-0.2, 0) is 20.9 Å². The number of carbonyl (C=O) groups is 3. The van der Waals surface area contributed by atoms with Crippen molar-refractivity contribution in [1.82, 2.24) is 4.90 Å². The van der Waals surface area contributed by atoms with Crippen LogP contribution in [-0.4, -0.2) is 39.9 Å². The van der Waals surface area contributed by atoms with E-state index in [4.69, 9.17) is 4.74 Å². The van der Waals surface area contributed by atoms with Crippen LogP contribution in [0, 0.1) is 13.8 Å². The number of hydrogen-bond acceptors (Lipinski definition) is 6. The Kier molecular flexibility index (Phi) is 6.42. The molecule has 1 fully saturated rings. The van der Waals surface area contributed by atoms with Gasteiger partial charge in [-0.25, -0.2) is 4.79 Å². The van der Waals surface area contributed by atoms with Crippen LogP contribution < -0.4 is 0 Å². The molecule has 0 radical (unpaired) electrons. The second-order valence-corrected chi connectivity index (χ2v) is 8.51. The summed E-state index contributed by atoms with van der Waals surface area (Å²) < 4.78 is 4.72. The quantitative estimate of drug-likeness (QED) is 0.247. The Bertz CT molecular complexity index is 1360. The first-order chi connectivity index (χ1) is 16.7. The summed E-state index contributed by atoms with van der Waals surface area (Å²) >= 11 is 0. The fourth-order valence-corrected chi connectivity index (χ4v) is 4.19. The number of carbonyl (C=O) groups excluding carboxylic acids is 3. The standard InChI is InChI=1S/C28H25NO6/c1-16-7-10-21(13-17(16)2)25(31)23-24(20-5-4-6-22(30)14-20)29(27(33)26(23)32)15-18-8-11-19(12-9-18)28(34)35-3/h4-14,24,30-31H,15H2,1-3H3/b25-23-. The van der Waals surface area contributed by atoms with E-state index in [9.17, 15) is 24.6 Å². The Morgan fingerprint density at radius 2 is 1.63 bits per heavy atom. The normalized spacial score (nSPS) is 17.0. The number of aryl methyl sites for hydroxylation is 2. The molecule has 1 aliphatic heterocycles. The maximum atomic E-state index is 13.2. The van der Waals surface area contributed by atoms with Gasteiger partial charge in [-0.3, -0.25) is 9.59 Å². The number of Topliss-reactive ketones (excluding diaryl/α,β-unsaturated/α-hetero) is 1. The van der Waals surface area contributed by atoms with Gasteiger partial charge in [-0.05, 0) is 66.4 Å². The Morgan fingerprint density at radius 3 is 2.26 bits per heavy atom. The van der Waals surface area contributed by atoms with Crippen molar-refractivity contribution in [1.29, 1.82) is 0 Å². The first-order valence-electron chi connectivity index (χ1n) is 11.0. The summed E-state index contributed by atoms with van der Waals surface area (Å²) in [6, 6.07) is 17.2. The fraction of sp³-hybridized carbons (Fsp3) is 0.179. The number of nitrogens with zero attached hydrogens (tertiary/aromatic N) is 1. The molecule has 0 aliphatic carbocycles. The molecule has 7 nitrogen and oxygen atoms in total. The first kappa shape index (κ1) is 23.8. The van der Waals surface area contributed by atoms with Gasteiger partial charge in [0.05, 0.1) is 24.3 Å². The van der Waals surface area contributed by atoms with Gasteiger partial charge in [0, 0.05) is 12.1 Å². The molecule has 7 heteroatoms. The number of aliphatic hydroxyl groups excluding tert-OH is 1. The highest BCUT2D eigenvalue weighted by Crippen LogP contribution is 2.41. The molecule has 0 spiro atoms. The summed E-state index contributed by atoms with van der Waals surface area (Å²) in [5.41, 5.74) is 3.87. The Hall–Kier alpha value is -4.39. The third-order valence-electron chi connectivity index (χ3n) is 6.23. The van der Waals surface area contributed by atoms with E-state index < -0.39 is 23.7 Å². The van der Waals surface area contributed by atoms with Crippen molar-refractivity contribution in [2.45, 2.75) is 26.4 Å². The predicted molar refractivity (Wildman–Crippen MR) is 130 cm³/mol. The molecular weight excluding hydrogens is 446 g/mol. The molecule has 0 aromatic heterocycles. The molecular formula is C28H25NO6. The van der Waals surface area contributed by atoms with Crippen LogP contribution in [0.15, 0.2) is 72.3 Å². The minimum absolute atomic E-state index is 0.0262. The number of aromatic hydroxyl groups is 1. The van der Waals surface area contributed by atoms with E-state index in [1.807, 2.05) is 19.9 Å². The van der Waals surface area contributed by atoms with Crippen molar-refractivity contribution in [3.05, 3.63) is 106 Å². The van der Waals surface area contributed by atoms with E-state index in [2.05, 4.69) is 0 Å². The summed E-state index contributed by atoms with van der Waals surface area (Å²) in [4.78, 5) is 39.5. The van der Waals surface area contributed by atoms with E-state index in [-0.39, 0.29) is 23.6 Å². The molecule has 1 unspecified atom stereocenters. The highest BCUT2D eigenvalue weighted by atomic mass is 16.5. The number of hydrogen-bond donors (Lipinski definition) is 2. The minimum Gasteiger partial charge on any atom is -0.508 e. The molecule has 3 aromatic rings. The number of ether oxygens (including phenoxy) is 1. The topological polar surface area (TPSA) is 104 Å². The molecule has 0 saturated carbocycles. The predicted octanol–water partition coefficient (Wildman–Crippen LogP) is 4.42. The van der Waals surface area contributed by atoms with Crippen LogP contribution in [0.5, 0.6) is 5.75 Å². The molecule has 2 N–H and O–H groups in total. The minimum atomic E-state index is -0.913. The monoisotopic (exact) mass is 471 g/mol. The van der Waals surface area contributed by atoms with Crippen LogP contribution in [0.3, 0.4) is 0 Å². The summed E-state index contributed by atoms with van der Waals surface area (Å²) in [5, 5.41) is 21.3. The van der Waals surface area contributed by atoms with Crippen molar-refractivity contribution >= 4 is 23.4 Å². The van der Waals surface area contributed by atoms with Gasteiger partial charge in [-0.15, -0.1) is 0 Å². The van der Waals surface area contributed by atoms with Crippen LogP contribution in [0.25, 0.3) is 5.76 Å². The van der Waals surface area contributed by atoms with E-state index in [0.29, 0.717) is 22.3 Å². The fourth-order valence-electron chi connectivity index (χ4n) is 4.19. The van der Waals surface area contributed by atoms with E-state index in [0.717, 1.165) is 11.1 Å². The van der Waals surface area contributed by atoms with Gasteiger partial charge >= 0.3 is 5.97 Å². The number of benzene rings is 3. The Morgan fingerprint density at radius 1 is 0.943 bits per heavy atom. The lowest BCUT2D eigenvalue weighted by atomic mass is 9.94. The molecule has 1 aliphatic rings. The van der Waals surface area contributed by atoms with Gasteiger partial charge in [0.25, 0.3) is 11.7 Å². The number of likely N-dealkylation sites (tertiary alicyclic amines) is 1. The molecule has 1 atom stereocenters. The Labute approximate surface area is 202 Å². The smallest absolute Gasteiger partial charge is 0.337 e. The Balaban J connectivity index is 1.81. The molecule has 1 heterocycles. The number of phenols is 1. The summed E-state index contributed by atoms with van der Waals surface area (Å²) in [6.07, 6.45) is 0. The van der Waals surface area contributed by atoms with Crippen LogP contribution in [0.2, 0.25) is 0 Å². The van der Waals surface area contributed by atoms with E-state index >= 15 is 0 Å². The average molecular weight is 472 g/mol. The lowest BCUT2D eigenvalue weighted by molar-refractivity contribution is -0.140. The average Bonchev–Trinajstić information content (AvgIpc) is 3.10. The number of esters is 1. The summed E-state index contributed by atoms with van der Waals surface area (Å²) in [5.74, 6) is -2.35. The molecule has 4 rings (SSSR count). The van der Waals surface area contributed by atoms with Crippen molar-refractivity contribution in [2.75, 3.05) is 7.11 Å². The van der Waals surface area contributed by atoms with E-state index in [1.54, 1.807) is 48.5 Å². The zero-order valence-electron chi connectivity index (χ0n) is 19.6. The maximum Gasteiger partial charge on any atom is 0.337 e. The number of methoxy groups -OCH3 is 1. The molecule has 35 heavy (non-hydrogen) atoms. The third kappa shape index (κ3) is 4.53. The number of amides is 1. The van der Waals surface area contributed by atoms with Gasteiger partial charge in [0.15, 0.2) is 0 Å². The largest absolute Gasteiger partial charge is 0.508 e. The van der Waals surface area contributed by atoms with Crippen LogP contribution in [0.1, 0.15) is 44.2 Å². The first-order valence-corrected chi connectivity index (χ1v) is 11.0. The van der Waals surface area contributed by atoms with Gasteiger partial charge in [-0.1, -0.05) is 36.4 Å². The zero-order valence-corrected chi connectivity index (χ0v) is 19.6. The second kappa shape index (κ2) is 9.46. The van der Waals surface area contributed by atoms with Gasteiger partial charge in [0.2, 0.25) is 0 Å². The van der Waals surface area contributed by atoms with E-state index in [1.165, 1.54) is 24.1 Å². The molecule has 0 bridgehead atoms. The van der Waals surface area contributed by atoms with Crippen LogP contribution in [0.4, 0.5) is 0 Å². The lowest BCUT2D eigenvalue weighted by Gasteiger charge is -2.25.